The van der Waals surface area contributed by atoms with Crippen molar-refractivity contribution in [3.8, 4) is 6.07 Å². The molecule has 0 saturated heterocycles. The number of thioether (sulfide) groups is 1. The summed E-state index contributed by atoms with van der Waals surface area (Å²) in [5, 5.41) is 13.1. The summed E-state index contributed by atoms with van der Waals surface area (Å²) in [5.74, 6) is 1.43. The van der Waals surface area contributed by atoms with Gasteiger partial charge in [-0.2, -0.15) is 22.0 Å². The molecule has 0 saturated carbocycles. The molecule has 2 rings (SSSR count). The lowest BCUT2D eigenvalue weighted by Gasteiger charge is -2.21. The number of rotatable bonds is 9. The number of amides is 1. The van der Waals surface area contributed by atoms with Gasteiger partial charge < -0.3 is 9.42 Å². The number of halogens is 1. The quantitative estimate of drug-likeness (QED) is 0.634. The summed E-state index contributed by atoms with van der Waals surface area (Å²) >= 11 is 1.73. The Kier molecular flexibility index (Phi) is 7.96. The number of nitriles is 1. The Hall–Kier alpha value is -2.44. The van der Waals surface area contributed by atoms with Crippen LogP contribution < -0.4 is 0 Å². The molecule has 1 aromatic heterocycles. The number of benzene rings is 1. The highest BCUT2D eigenvalue weighted by Crippen LogP contribution is 2.25. The first-order chi connectivity index (χ1) is 13.3. The second kappa shape index (κ2) is 10.2. The first kappa shape index (κ1) is 21.9. The van der Waals surface area contributed by atoms with Crippen LogP contribution in [0.3, 0.4) is 0 Å². The van der Waals surface area contributed by atoms with Crippen LogP contribution in [-0.2, 0) is 17.9 Å². The third-order valence-electron chi connectivity index (χ3n) is 4.08. The van der Waals surface area contributed by atoms with Crippen molar-refractivity contribution in [1.82, 2.24) is 19.9 Å². The predicted molar refractivity (Wildman–Crippen MR) is 105 cm³/mol. The normalized spacial score (nSPS) is 12.0. The maximum atomic E-state index is 13.9. The summed E-state index contributed by atoms with van der Waals surface area (Å²) < 4.78 is 19.2. The molecule has 1 amide bonds. The van der Waals surface area contributed by atoms with Gasteiger partial charge in [-0.05, 0) is 37.9 Å². The van der Waals surface area contributed by atoms with Gasteiger partial charge in [-0.25, -0.2) is 4.39 Å². The Morgan fingerprint density at radius 3 is 2.82 bits per heavy atom. The van der Waals surface area contributed by atoms with E-state index in [1.54, 1.807) is 30.8 Å². The van der Waals surface area contributed by atoms with Crippen molar-refractivity contribution in [2.24, 2.45) is 0 Å². The average molecular weight is 405 g/mol. The second-order valence-electron chi connectivity index (χ2n) is 6.48. The fourth-order valence-corrected chi connectivity index (χ4v) is 3.31. The molecule has 0 fully saturated rings. The molecule has 1 aromatic carbocycles. The van der Waals surface area contributed by atoms with Gasteiger partial charge in [0.25, 0.3) is 0 Å². The maximum Gasteiger partial charge on any atom is 0.240 e. The highest BCUT2D eigenvalue weighted by Gasteiger charge is 2.18. The van der Waals surface area contributed by atoms with Gasteiger partial charge in [0.15, 0.2) is 5.82 Å². The van der Waals surface area contributed by atoms with E-state index in [0.29, 0.717) is 29.4 Å². The number of aromatic nitrogens is 2. The molecule has 0 aliphatic heterocycles. The first-order valence-corrected chi connectivity index (χ1v) is 9.94. The van der Waals surface area contributed by atoms with E-state index in [9.17, 15) is 9.18 Å². The summed E-state index contributed by atoms with van der Waals surface area (Å²) in [5.41, 5.74) is 0.665. The van der Waals surface area contributed by atoms with Gasteiger partial charge in [-0.1, -0.05) is 12.1 Å². The molecule has 7 nitrogen and oxygen atoms in total. The standard InChI is InChI=1S/C19H24FN5O2S/c1-5-28-13(2)19-22-17(27-23-19)11-24(3)12-18(26)25(4)10-15-8-14(9-21)6-7-16(15)20/h6-8,13H,5,10-12H2,1-4H3. The monoisotopic (exact) mass is 405 g/mol. The SMILES string of the molecule is CCSC(C)c1noc(CN(C)CC(=O)N(C)Cc2cc(C#N)ccc2F)n1. The van der Waals surface area contributed by atoms with Gasteiger partial charge in [-0.3, -0.25) is 9.69 Å². The highest BCUT2D eigenvalue weighted by atomic mass is 32.2. The Morgan fingerprint density at radius 2 is 2.14 bits per heavy atom. The summed E-state index contributed by atoms with van der Waals surface area (Å²) in [6.45, 7) is 4.64. The summed E-state index contributed by atoms with van der Waals surface area (Å²) in [6, 6.07) is 6.08. The van der Waals surface area contributed by atoms with Gasteiger partial charge in [0.2, 0.25) is 11.8 Å². The molecular weight excluding hydrogens is 381 g/mol. The lowest BCUT2D eigenvalue weighted by molar-refractivity contribution is -0.131. The van der Waals surface area contributed by atoms with E-state index < -0.39 is 5.82 Å². The molecule has 0 aliphatic rings. The number of hydrogen-bond acceptors (Lipinski definition) is 7. The largest absolute Gasteiger partial charge is 0.340 e. The average Bonchev–Trinajstić information content (AvgIpc) is 3.12. The van der Waals surface area contributed by atoms with Crippen molar-refractivity contribution in [1.29, 1.82) is 5.26 Å². The van der Waals surface area contributed by atoms with E-state index in [1.165, 1.54) is 23.1 Å². The Balaban J connectivity index is 1.90. The van der Waals surface area contributed by atoms with Gasteiger partial charge >= 0.3 is 0 Å². The van der Waals surface area contributed by atoms with E-state index in [1.807, 2.05) is 13.0 Å². The summed E-state index contributed by atoms with van der Waals surface area (Å²) in [6.07, 6.45) is 0. The number of carbonyl (C=O) groups is 1. The lowest BCUT2D eigenvalue weighted by atomic mass is 10.1. The minimum atomic E-state index is -0.440. The molecule has 0 aliphatic carbocycles. The second-order valence-corrected chi connectivity index (χ2v) is 8.10. The Bertz CT molecular complexity index is 851. The van der Waals surface area contributed by atoms with Crippen molar-refractivity contribution < 1.29 is 13.7 Å². The van der Waals surface area contributed by atoms with Crippen molar-refractivity contribution in [2.75, 3.05) is 26.4 Å². The Labute approximate surface area is 168 Å². The van der Waals surface area contributed by atoms with E-state index in [4.69, 9.17) is 9.78 Å². The van der Waals surface area contributed by atoms with Gasteiger partial charge in [0.05, 0.1) is 30.0 Å². The molecular formula is C19H24FN5O2S. The fraction of sp³-hybridized carbons (Fsp3) is 0.474. The molecule has 0 radical (unpaired) electrons. The van der Waals surface area contributed by atoms with Crippen LogP contribution in [0.25, 0.3) is 0 Å². The number of nitrogens with zero attached hydrogens (tertiary/aromatic N) is 5. The Morgan fingerprint density at radius 1 is 1.39 bits per heavy atom. The topological polar surface area (TPSA) is 86.3 Å². The van der Waals surface area contributed by atoms with E-state index in [0.717, 1.165) is 5.75 Å². The number of carbonyl (C=O) groups excluding carboxylic acids is 1. The third kappa shape index (κ3) is 6.04. The van der Waals surface area contributed by atoms with Crippen LogP contribution in [0.1, 0.15) is 41.9 Å². The smallest absolute Gasteiger partial charge is 0.240 e. The van der Waals surface area contributed by atoms with Crippen molar-refractivity contribution in [3.63, 3.8) is 0 Å². The van der Waals surface area contributed by atoms with Crippen LogP contribution in [0.5, 0.6) is 0 Å². The van der Waals surface area contributed by atoms with Crippen LogP contribution in [-0.4, -0.2) is 52.2 Å². The highest BCUT2D eigenvalue weighted by molar-refractivity contribution is 7.99. The van der Waals surface area contributed by atoms with Crippen LogP contribution in [0.15, 0.2) is 22.7 Å². The van der Waals surface area contributed by atoms with Crippen LogP contribution in [0.2, 0.25) is 0 Å². The lowest BCUT2D eigenvalue weighted by Crippen LogP contribution is -2.36. The van der Waals surface area contributed by atoms with Crippen LogP contribution in [0, 0.1) is 17.1 Å². The summed E-state index contributed by atoms with van der Waals surface area (Å²) in [7, 11) is 3.37. The zero-order valence-corrected chi connectivity index (χ0v) is 17.3. The third-order valence-corrected chi connectivity index (χ3v) is 5.13. The van der Waals surface area contributed by atoms with E-state index in [-0.39, 0.29) is 24.2 Å². The fourth-order valence-electron chi connectivity index (χ4n) is 2.57. The number of likely N-dealkylation sites (N-methyl/N-ethyl adjacent to an activating group) is 2. The number of hydrogen-bond donors (Lipinski definition) is 0. The van der Waals surface area contributed by atoms with Gasteiger partial charge in [0.1, 0.15) is 5.82 Å². The molecule has 0 bridgehead atoms. The zero-order valence-electron chi connectivity index (χ0n) is 16.5. The van der Waals surface area contributed by atoms with E-state index in [2.05, 4.69) is 17.1 Å². The molecule has 1 atom stereocenters. The van der Waals surface area contributed by atoms with E-state index >= 15 is 0 Å². The first-order valence-electron chi connectivity index (χ1n) is 8.89. The van der Waals surface area contributed by atoms with Crippen molar-refractivity contribution in [3.05, 3.63) is 46.9 Å². The molecule has 1 unspecified atom stereocenters. The molecule has 9 heteroatoms. The van der Waals surface area contributed by atoms with Crippen LogP contribution >= 0.6 is 11.8 Å². The van der Waals surface area contributed by atoms with Gasteiger partial charge in [0, 0.05) is 19.2 Å². The predicted octanol–water partition coefficient (Wildman–Crippen LogP) is 2.98. The van der Waals surface area contributed by atoms with Crippen molar-refractivity contribution >= 4 is 17.7 Å². The zero-order chi connectivity index (χ0) is 20.7. The molecule has 0 spiro atoms. The molecule has 150 valence electrons. The minimum Gasteiger partial charge on any atom is -0.340 e. The molecule has 2 aromatic rings. The van der Waals surface area contributed by atoms with Crippen molar-refractivity contribution in [2.45, 2.75) is 32.2 Å². The maximum absolute atomic E-state index is 13.9. The molecule has 0 N–H and O–H groups in total. The molecule has 28 heavy (non-hydrogen) atoms. The summed E-state index contributed by atoms with van der Waals surface area (Å²) in [4.78, 5) is 20.0. The van der Waals surface area contributed by atoms with Gasteiger partial charge in [-0.15, -0.1) is 0 Å². The van der Waals surface area contributed by atoms with Crippen LogP contribution in [0.4, 0.5) is 4.39 Å². The molecule has 1 heterocycles. The minimum absolute atomic E-state index is 0.0878.